The molecule has 1 N–H and O–H groups in total. The number of hydrogen-bond acceptors (Lipinski definition) is 4. The largest absolute Gasteiger partial charge is 0.388 e. The lowest BCUT2D eigenvalue weighted by Crippen LogP contribution is -2.42. The number of aryl methyl sites for hydroxylation is 2. The van der Waals surface area contributed by atoms with Crippen molar-refractivity contribution < 1.29 is 19.1 Å². The second-order valence-corrected chi connectivity index (χ2v) is 8.23. The van der Waals surface area contributed by atoms with Crippen LogP contribution in [0.2, 0.25) is 0 Å². The zero-order valence-electron chi connectivity index (χ0n) is 17.5. The average Bonchev–Trinajstić information content (AvgIpc) is 3.10. The topological polar surface area (TPSA) is 82.9 Å². The smallest absolute Gasteiger partial charge is 0.263 e. The van der Waals surface area contributed by atoms with Crippen molar-refractivity contribution >= 4 is 11.8 Å². The van der Waals surface area contributed by atoms with Gasteiger partial charge in [-0.25, -0.2) is 4.39 Å². The highest BCUT2D eigenvalue weighted by molar-refractivity contribution is 5.96. The number of carbonyl (C=O) groups excluding carboxylic acids is 2. The first-order valence-corrected chi connectivity index (χ1v) is 10.5. The SMILES string of the molecule is CC(=O)N1CCc2c(cn(CCc3ccccc3)c(=O)c2C(=O)N2C[C@@H](O)[C@H](F)C2)C1. The van der Waals surface area contributed by atoms with E-state index in [1.54, 1.807) is 11.1 Å². The molecule has 31 heavy (non-hydrogen) atoms. The maximum atomic E-state index is 13.8. The molecular weight excluding hydrogens is 401 g/mol. The van der Waals surface area contributed by atoms with Crippen LogP contribution < -0.4 is 5.56 Å². The van der Waals surface area contributed by atoms with Crippen LogP contribution in [-0.2, 0) is 30.7 Å². The van der Waals surface area contributed by atoms with Gasteiger partial charge in [0.25, 0.3) is 11.5 Å². The summed E-state index contributed by atoms with van der Waals surface area (Å²) in [6, 6.07) is 9.72. The highest BCUT2D eigenvalue weighted by Crippen LogP contribution is 2.24. The predicted octanol–water partition coefficient (Wildman–Crippen LogP) is 1.15. The number of halogens is 1. The Hall–Kier alpha value is -3.00. The second-order valence-electron chi connectivity index (χ2n) is 8.23. The average molecular weight is 427 g/mol. The van der Waals surface area contributed by atoms with Crippen molar-refractivity contribution in [2.24, 2.45) is 0 Å². The van der Waals surface area contributed by atoms with Crippen molar-refractivity contribution in [1.82, 2.24) is 14.4 Å². The van der Waals surface area contributed by atoms with Crippen LogP contribution in [0.1, 0.15) is 34.0 Å². The lowest BCUT2D eigenvalue weighted by Gasteiger charge is -2.30. The second kappa shape index (κ2) is 8.63. The van der Waals surface area contributed by atoms with Gasteiger partial charge in [0.2, 0.25) is 5.91 Å². The Bertz CT molecular complexity index is 1040. The number of β-amino-alcohol motifs (C(OH)–C–C–N with tert-alkyl or cyclic N) is 1. The van der Waals surface area contributed by atoms with Crippen molar-refractivity contribution in [1.29, 1.82) is 0 Å². The Kier molecular flexibility index (Phi) is 5.91. The van der Waals surface area contributed by atoms with Gasteiger partial charge in [-0.2, -0.15) is 0 Å². The molecule has 2 atom stereocenters. The molecule has 2 aliphatic rings. The molecule has 0 unspecified atom stereocenters. The van der Waals surface area contributed by atoms with Crippen molar-refractivity contribution in [3.63, 3.8) is 0 Å². The third-order valence-electron chi connectivity index (χ3n) is 6.12. The van der Waals surface area contributed by atoms with Gasteiger partial charge in [-0.05, 0) is 29.5 Å². The maximum absolute atomic E-state index is 13.8. The molecule has 2 aromatic rings. The molecule has 4 rings (SSSR count). The zero-order chi connectivity index (χ0) is 22.1. The normalized spacial score (nSPS) is 20.6. The van der Waals surface area contributed by atoms with Crippen molar-refractivity contribution in [2.75, 3.05) is 19.6 Å². The number of nitrogens with zero attached hydrogens (tertiary/aromatic N) is 3. The van der Waals surface area contributed by atoms with Gasteiger partial charge in [0.1, 0.15) is 17.8 Å². The first kappa shape index (κ1) is 21.2. The van der Waals surface area contributed by atoms with Gasteiger partial charge in [-0.15, -0.1) is 0 Å². The molecule has 3 heterocycles. The fourth-order valence-electron chi connectivity index (χ4n) is 4.33. The maximum Gasteiger partial charge on any atom is 0.263 e. The Morgan fingerprint density at radius 3 is 2.55 bits per heavy atom. The summed E-state index contributed by atoms with van der Waals surface area (Å²) in [5.74, 6) is -0.616. The number of amides is 2. The lowest BCUT2D eigenvalue weighted by molar-refractivity contribution is -0.129. The number of benzene rings is 1. The number of aliphatic hydroxyl groups excluding tert-OH is 1. The summed E-state index contributed by atoms with van der Waals surface area (Å²) >= 11 is 0. The van der Waals surface area contributed by atoms with E-state index >= 15 is 0 Å². The summed E-state index contributed by atoms with van der Waals surface area (Å²) in [7, 11) is 0. The molecule has 2 aliphatic heterocycles. The molecule has 2 amide bonds. The van der Waals surface area contributed by atoms with E-state index in [2.05, 4.69) is 0 Å². The van der Waals surface area contributed by atoms with Gasteiger partial charge < -0.3 is 19.5 Å². The van der Waals surface area contributed by atoms with E-state index < -0.39 is 23.7 Å². The third kappa shape index (κ3) is 4.25. The van der Waals surface area contributed by atoms with Crippen LogP contribution in [-0.4, -0.2) is 63.2 Å². The van der Waals surface area contributed by atoms with E-state index in [1.807, 2.05) is 30.3 Å². The van der Waals surface area contributed by atoms with E-state index in [9.17, 15) is 23.9 Å². The molecule has 1 aromatic heterocycles. The van der Waals surface area contributed by atoms with Gasteiger partial charge >= 0.3 is 0 Å². The monoisotopic (exact) mass is 427 g/mol. The summed E-state index contributed by atoms with van der Waals surface area (Å²) in [5.41, 5.74) is 2.07. The first-order valence-electron chi connectivity index (χ1n) is 10.5. The van der Waals surface area contributed by atoms with E-state index in [0.29, 0.717) is 38.0 Å². The standard InChI is InChI=1S/C23H26FN3O4/c1-15(28)25-10-8-18-17(11-25)12-26(9-7-16-5-3-2-4-6-16)22(30)21(18)23(31)27-13-19(24)20(29)14-27/h2-6,12,19-20,29H,7-11,13-14H2,1H3/t19-,20-/m1/s1. The van der Waals surface area contributed by atoms with E-state index in [1.165, 1.54) is 16.4 Å². The van der Waals surface area contributed by atoms with E-state index in [-0.39, 0.29) is 24.6 Å². The minimum atomic E-state index is -1.52. The van der Waals surface area contributed by atoms with Crippen LogP contribution in [0.25, 0.3) is 0 Å². The number of aliphatic hydroxyl groups is 1. The number of aromatic nitrogens is 1. The van der Waals surface area contributed by atoms with Gasteiger partial charge in [0.15, 0.2) is 0 Å². The summed E-state index contributed by atoms with van der Waals surface area (Å²) < 4.78 is 15.4. The Balaban J connectivity index is 1.71. The number of pyridine rings is 1. The zero-order valence-corrected chi connectivity index (χ0v) is 17.5. The van der Waals surface area contributed by atoms with Crippen LogP contribution in [0, 0.1) is 0 Å². The number of fused-ring (bicyclic) bond motifs is 1. The van der Waals surface area contributed by atoms with E-state index in [4.69, 9.17) is 0 Å². The van der Waals surface area contributed by atoms with Crippen LogP contribution in [0.4, 0.5) is 4.39 Å². The molecule has 0 saturated carbocycles. The molecule has 0 radical (unpaired) electrons. The molecule has 0 bridgehead atoms. The van der Waals surface area contributed by atoms with Crippen molar-refractivity contribution in [2.45, 2.75) is 45.1 Å². The highest BCUT2D eigenvalue weighted by atomic mass is 19.1. The van der Waals surface area contributed by atoms with Gasteiger partial charge in [-0.1, -0.05) is 30.3 Å². The molecule has 164 valence electrons. The lowest BCUT2D eigenvalue weighted by atomic mass is 9.95. The Morgan fingerprint density at radius 2 is 1.90 bits per heavy atom. The van der Waals surface area contributed by atoms with E-state index in [0.717, 1.165) is 11.1 Å². The van der Waals surface area contributed by atoms with Crippen molar-refractivity contribution in [3.8, 4) is 0 Å². The van der Waals surface area contributed by atoms with Gasteiger partial charge in [0, 0.05) is 39.3 Å². The molecule has 1 fully saturated rings. The number of rotatable bonds is 4. The number of hydrogen-bond donors (Lipinski definition) is 1. The van der Waals surface area contributed by atoms with Crippen LogP contribution >= 0.6 is 0 Å². The minimum Gasteiger partial charge on any atom is -0.388 e. The van der Waals surface area contributed by atoms with Crippen molar-refractivity contribution in [3.05, 3.63) is 69.1 Å². The molecule has 1 aromatic carbocycles. The number of alkyl halides is 1. The molecule has 1 saturated heterocycles. The fraction of sp³-hybridized carbons (Fsp3) is 0.435. The molecule has 8 heteroatoms. The summed E-state index contributed by atoms with van der Waals surface area (Å²) in [5, 5.41) is 9.74. The highest BCUT2D eigenvalue weighted by Gasteiger charge is 2.37. The molecular formula is C23H26FN3O4. The summed E-state index contributed by atoms with van der Waals surface area (Å²) in [4.78, 5) is 41.3. The summed E-state index contributed by atoms with van der Waals surface area (Å²) in [6.07, 6.45) is -0.0174. The predicted molar refractivity (Wildman–Crippen MR) is 112 cm³/mol. The van der Waals surface area contributed by atoms with Crippen LogP contribution in [0.15, 0.2) is 41.3 Å². The van der Waals surface area contributed by atoms with Gasteiger partial charge in [-0.3, -0.25) is 14.4 Å². The van der Waals surface area contributed by atoms with Crippen LogP contribution in [0.3, 0.4) is 0 Å². The summed E-state index contributed by atoms with van der Waals surface area (Å²) in [6.45, 7) is 2.26. The fourth-order valence-corrected chi connectivity index (χ4v) is 4.33. The quantitative estimate of drug-likeness (QED) is 0.794. The minimum absolute atomic E-state index is 0.0371. The number of likely N-dealkylation sites (tertiary alicyclic amines) is 1. The third-order valence-corrected chi connectivity index (χ3v) is 6.12. The molecule has 0 spiro atoms. The first-order chi connectivity index (χ1) is 14.8. The number of carbonyl (C=O) groups is 2. The Labute approximate surface area is 179 Å². The Morgan fingerprint density at radius 1 is 1.16 bits per heavy atom. The van der Waals surface area contributed by atoms with Gasteiger partial charge in [0.05, 0.1) is 6.54 Å². The molecule has 7 nitrogen and oxygen atoms in total. The molecule has 0 aliphatic carbocycles. The van der Waals surface area contributed by atoms with Crippen LogP contribution in [0.5, 0.6) is 0 Å².